The fraction of sp³-hybridized carbons (Fsp3) is 0.538. The van der Waals surface area contributed by atoms with E-state index >= 15 is 0 Å². The number of aromatic hydroxyl groups is 1. The van der Waals surface area contributed by atoms with Gasteiger partial charge in [0.2, 0.25) is 0 Å². The number of para-hydroxylation sites is 2. The average Bonchev–Trinajstić information content (AvgIpc) is 3.10. The second-order valence-corrected chi connectivity index (χ2v) is 9.72. The van der Waals surface area contributed by atoms with Crippen molar-refractivity contribution in [2.45, 2.75) is 57.4 Å². The third kappa shape index (κ3) is 2.85. The van der Waals surface area contributed by atoms with Crippen LogP contribution in [0.4, 0.5) is 5.69 Å². The minimum absolute atomic E-state index is 0.322. The van der Waals surface area contributed by atoms with Gasteiger partial charge in [-0.1, -0.05) is 25.1 Å². The molecular weight excluding hydrogens is 358 g/mol. The van der Waals surface area contributed by atoms with Crippen LogP contribution in [0, 0.1) is 17.3 Å². The minimum Gasteiger partial charge on any atom is -0.506 e. The summed E-state index contributed by atoms with van der Waals surface area (Å²) in [5, 5.41) is 10.4. The summed E-state index contributed by atoms with van der Waals surface area (Å²) < 4.78 is 5.47. The van der Waals surface area contributed by atoms with E-state index in [1.54, 1.807) is 12.7 Å². The number of fused-ring (bicyclic) bond motifs is 5. The van der Waals surface area contributed by atoms with Gasteiger partial charge in [0.1, 0.15) is 11.5 Å². The van der Waals surface area contributed by atoms with Crippen molar-refractivity contribution in [2.75, 3.05) is 19.1 Å². The molecule has 3 aliphatic rings. The fourth-order valence-electron chi connectivity index (χ4n) is 7.22. The van der Waals surface area contributed by atoms with Crippen LogP contribution in [0.5, 0.6) is 11.5 Å². The van der Waals surface area contributed by atoms with Crippen molar-refractivity contribution in [3.63, 3.8) is 0 Å². The Bertz CT molecular complexity index is 909. The van der Waals surface area contributed by atoms with Gasteiger partial charge in [-0.25, -0.2) is 0 Å². The summed E-state index contributed by atoms with van der Waals surface area (Å²) in [6, 6.07) is 15.1. The molecule has 1 N–H and O–H groups in total. The molecule has 2 aromatic rings. The van der Waals surface area contributed by atoms with Crippen molar-refractivity contribution in [1.29, 1.82) is 0 Å². The smallest absolute Gasteiger partial charge is 0.138 e. The molecular formula is C26H33NO2. The van der Waals surface area contributed by atoms with Crippen LogP contribution in [0.2, 0.25) is 0 Å². The molecule has 3 heteroatoms. The number of hydrogen-bond donors (Lipinski definition) is 1. The molecule has 29 heavy (non-hydrogen) atoms. The van der Waals surface area contributed by atoms with Crippen LogP contribution in [0.15, 0.2) is 42.5 Å². The second kappa shape index (κ2) is 6.97. The highest BCUT2D eigenvalue weighted by atomic mass is 16.5. The summed E-state index contributed by atoms with van der Waals surface area (Å²) in [4.78, 5) is 2.37. The van der Waals surface area contributed by atoms with Gasteiger partial charge in [0.05, 0.1) is 12.8 Å². The molecule has 0 saturated heterocycles. The van der Waals surface area contributed by atoms with Crippen molar-refractivity contribution in [2.24, 2.45) is 17.3 Å². The number of methoxy groups -OCH3 is 1. The molecule has 0 heterocycles. The number of anilines is 1. The number of nitrogens with zero attached hydrogens (tertiary/aromatic N) is 1. The Morgan fingerprint density at radius 2 is 1.90 bits per heavy atom. The van der Waals surface area contributed by atoms with E-state index in [9.17, 15) is 5.11 Å². The van der Waals surface area contributed by atoms with Gasteiger partial charge in [-0.05, 0) is 97.1 Å². The lowest BCUT2D eigenvalue weighted by atomic mass is 9.55. The summed E-state index contributed by atoms with van der Waals surface area (Å²) >= 11 is 0. The van der Waals surface area contributed by atoms with Crippen LogP contribution in [-0.4, -0.2) is 25.3 Å². The molecule has 2 saturated carbocycles. The summed E-state index contributed by atoms with van der Waals surface area (Å²) in [5.41, 5.74) is 4.39. The highest BCUT2D eigenvalue weighted by molar-refractivity contribution is 5.58. The summed E-state index contributed by atoms with van der Waals surface area (Å²) in [6.45, 7) is 2.53. The van der Waals surface area contributed by atoms with E-state index in [2.05, 4.69) is 43.1 Å². The van der Waals surface area contributed by atoms with Crippen LogP contribution < -0.4 is 9.64 Å². The average molecular weight is 392 g/mol. The van der Waals surface area contributed by atoms with Gasteiger partial charge in [0, 0.05) is 13.1 Å². The van der Waals surface area contributed by atoms with Crippen molar-refractivity contribution < 1.29 is 9.84 Å². The van der Waals surface area contributed by atoms with E-state index in [4.69, 9.17) is 4.74 Å². The molecule has 0 bridgehead atoms. The Morgan fingerprint density at radius 3 is 2.69 bits per heavy atom. The maximum atomic E-state index is 10.4. The molecule has 0 aliphatic heterocycles. The molecule has 154 valence electrons. The van der Waals surface area contributed by atoms with Gasteiger partial charge in [-0.15, -0.1) is 0 Å². The van der Waals surface area contributed by atoms with Crippen LogP contribution in [0.3, 0.4) is 0 Å². The predicted molar refractivity (Wildman–Crippen MR) is 118 cm³/mol. The van der Waals surface area contributed by atoms with Gasteiger partial charge in [-0.3, -0.25) is 0 Å². The predicted octanol–water partition coefficient (Wildman–Crippen LogP) is 5.76. The highest BCUT2D eigenvalue weighted by Crippen LogP contribution is 2.62. The van der Waals surface area contributed by atoms with Crippen LogP contribution in [0.25, 0.3) is 0 Å². The van der Waals surface area contributed by atoms with E-state index in [-0.39, 0.29) is 0 Å². The molecule has 0 unspecified atom stereocenters. The van der Waals surface area contributed by atoms with Gasteiger partial charge < -0.3 is 14.7 Å². The van der Waals surface area contributed by atoms with Crippen LogP contribution in [-0.2, 0) is 6.42 Å². The molecule has 5 rings (SSSR count). The molecule has 0 spiro atoms. The monoisotopic (exact) mass is 391 g/mol. The molecule has 3 aliphatic carbocycles. The van der Waals surface area contributed by atoms with E-state index < -0.39 is 0 Å². The van der Waals surface area contributed by atoms with Gasteiger partial charge >= 0.3 is 0 Å². The quantitative estimate of drug-likeness (QED) is 0.722. The normalized spacial score (nSPS) is 32.8. The Morgan fingerprint density at radius 1 is 1.07 bits per heavy atom. The topological polar surface area (TPSA) is 32.7 Å². The van der Waals surface area contributed by atoms with E-state index in [1.807, 2.05) is 18.2 Å². The lowest BCUT2D eigenvalue weighted by molar-refractivity contribution is 0.0485. The zero-order chi connectivity index (χ0) is 20.2. The Labute approximate surface area is 174 Å². The number of ether oxygens (including phenoxy) is 1. The first-order valence-electron chi connectivity index (χ1n) is 11.2. The number of benzene rings is 2. The molecule has 0 radical (unpaired) electrons. The van der Waals surface area contributed by atoms with Crippen molar-refractivity contribution in [3.8, 4) is 11.5 Å². The number of aryl methyl sites for hydroxylation is 1. The first kappa shape index (κ1) is 18.8. The maximum Gasteiger partial charge on any atom is 0.138 e. The van der Waals surface area contributed by atoms with Crippen molar-refractivity contribution >= 4 is 5.69 Å². The Hall–Kier alpha value is -2.16. The molecule has 3 nitrogen and oxygen atoms in total. The van der Waals surface area contributed by atoms with E-state index in [0.717, 1.165) is 23.3 Å². The lowest BCUT2D eigenvalue weighted by Crippen LogP contribution is -2.49. The first-order chi connectivity index (χ1) is 14.0. The van der Waals surface area contributed by atoms with Crippen LogP contribution in [0.1, 0.15) is 56.1 Å². The third-order valence-electron chi connectivity index (χ3n) is 8.61. The number of phenolic OH excluding ortho intramolecular Hbond substituents is 1. The first-order valence-corrected chi connectivity index (χ1v) is 11.2. The lowest BCUT2D eigenvalue weighted by Gasteiger charge is -2.52. The largest absolute Gasteiger partial charge is 0.506 e. The number of hydrogen-bond acceptors (Lipinski definition) is 3. The third-order valence-corrected chi connectivity index (χ3v) is 8.61. The summed E-state index contributed by atoms with van der Waals surface area (Å²) in [7, 11) is 3.95. The van der Waals surface area contributed by atoms with Crippen molar-refractivity contribution in [3.05, 3.63) is 53.6 Å². The van der Waals surface area contributed by atoms with Gasteiger partial charge in [0.25, 0.3) is 0 Å². The highest BCUT2D eigenvalue weighted by Gasteiger charge is 2.55. The van der Waals surface area contributed by atoms with E-state index in [1.165, 1.54) is 44.1 Å². The molecule has 2 aromatic carbocycles. The Kier molecular flexibility index (Phi) is 4.53. The zero-order valence-corrected chi connectivity index (χ0v) is 17.9. The van der Waals surface area contributed by atoms with Crippen molar-refractivity contribution in [1.82, 2.24) is 0 Å². The molecule has 5 atom stereocenters. The standard InChI is InChI=1S/C26H33NO2/c1-26-15-14-20-19-11-9-18(29-3)16-17(19)8-10-21(20)22(26)12-13-25(26)27(2)23-6-4-5-7-24(23)28/h4-7,9,11,16,20-22,25,28H,8,10,12-15H2,1-3H3/t20-,21-,22+,25+,26+/m1/s1. The summed E-state index contributed by atoms with van der Waals surface area (Å²) in [6.07, 6.45) is 7.57. The Balaban J connectivity index is 1.43. The number of rotatable bonds is 3. The van der Waals surface area contributed by atoms with E-state index in [0.29, 0.717) is 23.1 Å². The van der Waals surface area contributed by atoms with Gasteiger partial charge in [0.15, 0.2) is 0 Å². The van der Waals surface area contributed by atoms with Gasteiger partial charge in [-0.2, -0.15) is 0 Å². The van der Waals surface area contributed by atoms with Crippen LogP contribution >= 0.6 is 0 Å². The number of phenols is 1. The minimum atomic E-state index is 0.322. The maximum absolute atomic E-state index is 10.4. The SMILES string of the molecule is COc1ccc2c(c1)CC[C@@H]1[C@@H]2CC[C@]2(C)[C@@H](N(C)c3ccccc3O)CC[C@@H]12. The molecule has 0 amide bonds. The summed E-state index contributed by atoms with van der Waals surface area (Å²) in [5.74, 6) is 3.66. The zero-order valence-electron chi connectivity index (χ0n) is 17.9. The second-order valence-electron chi connectivity index (χ2n) is 9.72. The molecule has 2 fully saturated rings. The fourth-order valence-corrected chi connectivity index (χ4v) is 7.22. The molecule has 0 aromatic heterocycles.